The first-order valence-corrected chi connectivity index (χ1v) is 6.24. The topological polar surface area (TPSA) is 23.5 Å². The number of likely N-dealkylation sites (tertiary alicyclic amines) is 1. The third kappa shape index (κ3) is 2.43. The highest BCUT2D eigenvalue weighted by atomic mass is 16.3. The second-order valence-electron chi connectivity index (χ2n) is 5.02. The fraction of sp³-hybridized carbons (Fsp3) is 0.467. The number of benzene rings is 1. The molecule has 2 atom stereocenters. The zero-order valence-electron chi connectivity index (χ0n) is 10.5. The molecule has 1 aromatic carbocycles. The van der Waals surface area contributed by atoms with Crippen LogP contribution in [0.4, 0.5) is 0 Å². The van der Waals surface area contributed by atoms with Gasteiger partial charge in [0.05, 0.1) is 5.60 Å². The maximum Gasteiger partial charge on any atom is 0.0951 e. The first kappa shape index (κ1) is 12.3. The van der Waals surface area contributed by atoms with Crippen LogP contribution >= 0.6 is 0 Å². The van der Waals surface area contributed by atoms with Gasteiger partial charge in [-0.25, -0.2) is 0 Å². The molecule has 0 amide bonds. The number of allylic oxidation sites excluding steroid dienone is 1. The Morgan fingerprint density at radius 3 is 2.82 bits per heavy atom. The van der Waals surface area contributed by atoms with E-state index in [0.717, 1.165) is 31.5 Å². The number of hydrogen-bond donors (Lipinski definition) is 1. The Morgan fingerprint density at radius 1 is 1.47 bits per heavy atom. The average Bonchev–Trinajstić information content (AvgIpc) is 2.35. The molecule has 0 bridgehead atoms. The Hall–Kier alpha value is -1.12. The minimum atomic E-state index is -0.692. The van der Waals surface area contributed by atoms with E-state index in [1.807, 2.05) is 36.4 Å². The fourth-order valence-electron chi connectivity index (χ4n) is 2.76. The molecule has 1 N–H and O–H groups in total. The molecule has 0 unspecified atom stereocenters. The van der Waals surface area contributed by atoms with Crippen molar-refractivity contribution < 1.29 is 5.11 Å². The third-order valence-electron chi connectivity index (χ3n) is 3.81. The first-order valence-electron chi connectivity index (χ1n) is 6.24. The molecule has 1 aliphatic rings. The number of hydrogen-bond acceptors (Lipinski definition) is 2. The smallest absolute Gasteiger partial charge is 0.0951 e. The van der Waals surface area contributed by atoms with Gasteiger partial charge in [0.25, 0.3) is 0 Å². The zero-order chi connectivity index (χ0) is 12.3. The summed E-state index contributed by atoms with van der Waals surface area (Å²) < 4.78 is 0. The van der Waals surface area contributed by atoms with Gasteiger partial charge in [-0.3, -0.25) is 0 Å². The van der Waals surface area contributed by atoms with E-state index in [2.05, 4.69) is 18.5 Å². The van der Waals surface area contributed by atoms with Crippen LogP contribution in [-0.4, -0.2) is 30.1 Å². The molecule has 1 saturated heterocycles. The highest BCUT2D eigenvalue weighted by Gasteiger charge is 2.40. The SMILES string of the molecule is C=CC[C@H]1CN(C)CC[C@]1(O)c1ccccc1. The van der Waals surface area contributed by atoms with Gasteiger partial charge >= 0.3 is 0 Å². The second kappa shape index (κ2) is 5.03. The molecular formula is C15H21NO. The van der Waals surface area contributed by atoms with Crippen molar-refractivity contribution in [2.24, 2.45) is 5.92 Å². The Labute approximate surface area is 104 Å². The molecule has 1 fully saturated rings. The van der Waals surface area contributed by atoms with E-state index >= 15 is 0 Å². The van der Waals surface area contributed by atoms with E-state index in [-0.39, 0.29) is 5.92 Å². The van der Waals surface area contributed by atoms with Crippen LogP contribution in [-0.2, 0) is 5.60 Å². The summed E-state index contributed by atoms with van der Waals surface area (Å²) in [6.45, 7) is 5.68. The van der Waals surface area contributed by atoms with Gasteiger partial charge in [0.1, 0.15) is 0 Å². The van der Waals surface area contributed by atoms with E-state index in [0.29, 0.717) is 0 Å². The van der Waals surface area contributed by atoms with E-state index in [1.54, 1.807) is 0 Å². The molecule has 17 heavy (non-hydrogen) atoms. The summed E-state index contributed by atoms with van der Waals surface area (Å²) in [7, 11) is 2.11. The molecular weight excluding hydrogens is 210 g/mol. The van der Waals surface area contributed by atoms with Crippen molar-refractivity contribution in [2.75, 3.05) is 20.1 Å². The van der Waals surface area contributed by atoms with Gasteiger partial charge in [-0.1, -0.05) is 36.4 Å². The lowest BCUT2D eigenvalue weighted by Gasteiger charge is -2.43. The van der Waals surface area contributed by atoms with Crippen molar-refractivity contribution in [1.29, 1.82) is 0 Å². The third-order valence-corrected chi connectivity index (χ3v) is 3.81. The second-order valence-corrected chi connectivity index (χ2v) is 5.02. The number of rotatable bonds is 3. The average molecular weight is 231 g/mol. The minimum Gasteiger partial charge on any atom is -0.385 e. The lowest BCUT2D eigenvalue weighted by Crippen LogP contribution is -2.48. The molecule has 0 aromatic heterocycles. The van der Waals surface area contributed by atoms with Crippen LogP contribution in [0.5, 0.6) is 0 Å². The summed E-state index contributed by atoms with van der Waals surface area (Å²) in [6, 6.07) is 10.0. The molecule has 2 rings (SSSR count). The standard InChI is InChI=1S/C15H21NO/c1-3-7-14-12-16(2)11-10-15(14,17)13-8-5-4-6-9-13/h3-6,8-9,14,17H,1,7,10-12H2,2H3/t14-,15-/m0/s1. The lowest BCUT2D eigenvalue weighted by molar-refractivity contribution is -0.0719. The summed E-state index contributed by atoms with van der Waals surface area (Å²) in [5.41, 5.74) is 0.349. The molecule has 1 aliphatic heterocycles. The summed E-state index contributed by atoms with van der Waals surface area (Å²) in [4.78, 5) is 2.28. The van der Waals surface area contributed by atoms with Crippen LogP contribution in [0.25, 0.3) is 0 Å². The van der Waals surface area contributed by atoms with Gasteiger partial charge in [0.15, 0.2) is 0 Å². The Morgan fingerprint density at radius 2 is 2.18 bits per heavy atom. The highest BCUT2D eigenvalue weighted by Crippen LogP contribution is 2.38. The Balaban J connectivity index is 2.29. The van der Waals surface area contributed by atoms with Gasteiger partial charge in [-0.2, -0.15) is 0 Å². The van der Waals surface area contributed by atoms with Gasteiger partial charge < -0.3 is 10.0 Å². The molecule has 92 valence electrons. The number of nitrogens with zero attached hydrogens (tertiary/aromatic N) is 1. The summed E-state index contributed by atoms with van der Waals surface area (Å²) >= 11 is 0. The van der Waals surface area contributed by atoms with Crippen molar-refractivity contribution in [3.63, 3.8) is 0 Å². The van der Waals surface area contributed by atoms with Crippen LogP contribution in [0.15, 0.2) is 43.0 Å². The molecule has 0 saturated carbocycles. The normalized spacial score (nSPS) is 30.1. The molecule has 2 heteroatoms. The van der Waals surface area contributed by atoms with Crippen LogP contribution in [0, 0.1) is 5.92 Å². The highest BCUT2D eigenvalue weighted by molar-refractivity contribution is 5.24. The van der Waals surface area contributed by atoms with Gasteiger partial charge in [-0.15, -0.1) is 6.58 Å². The minimum absolute atomic E-state index is 0.237. The van der Waals surface area contributed by atoms with Crippen LogP contribution in [0.3, 0.4) is 0 Å². The largest absolute Gasteiger partial charge is 0.385 e. The van der Waals surface area contributed by atoms with E-state index in [4.69, 9.17) is 0 Å². The predicted molar refractivity (Wildman–Crippen MR) is 70.8 cm³/mol. The fourth-order valence-corrected chi connectivity index (χ4v) is 2.76. The van der Waals surface area contributed by atoms with Crippen molar-refractivity contribution in [3.05, 3.63) is 48.6 Å². The predicted octanol–water partition coefficient (Wildman–Crippen LogP) is 2.40. The molecule has 1 heterocycles. The van der Waals surface area contributed by atoms with Crippen molar-refractivity contribution in [1.82, 2.24) is 4.90 Å². The molecule has 2 nitrogen and oxygen atoms in total. The van der Waals surface area contributed by atoms with Crippen LogP contribution in [0.1, 0.15) is 18.4 Å². The maximum atomic E-state index is 11.0. The van der Waals surface area contributed by atoms with E-state index in [9.17, 15) is 5.11 Å². The molecule has 1 aromatic rings. The van der Waals surface area contributed by atoms with Gasteiger partial charge in [0.2, 0.25) is 0 Å². The summed E-state index contributed by atoms with van der Waals surface area (Å²) in [6.07, 6.45) is 3.57. The first-order chi connectivity index (χ1) is 8.16. The van der Waals surface area contributed by atoms with Gasteiger partial charge in [-0.05, 0) is 25.5 Å². The monoisotopic (exact) mass is 231 g/mol. The van der Waals surface area contributed by atoms with Crippen molar-refractivity contribution in [2.45, 2.75) is 18.4 Å². The van der Waals surface area contributed by atoms with Crippen molar-refractivity contribution >= 4 is 0 Å². The Bertz CT molecular complexity index is 376. The quantitative estimate of drug-likeness (QED) is 0.807. The molecule has 0 aliphatic carbocycles. The van der Waals surface area contributed by atoms with Gasteiger partial charge in [0, 0.05) is 19.0 Å². The maximum absolute atomic E-state index is 11.0. The van der Waals surface area contributed by atoms with Crippen molar-refractivity contribution in [3.8, 4) is 0 Å². The molecule has 0 radical (unpaired) electrons. The molecule has 0 spiro atoms. The van der Waals surface area contributed by atoms with Crippen LogP contribution in [0.2, 0.25) is 0 Å². The lowest BCUT2D eigenvalue weighted by atomic mass is 9.74. The summed E-state index contributed by atoms with van der Waals surface area (Å²) in [5, 5.41) is 11.0. The number of piperidine rings is 1. The number of aliphatic hydroxyl groups is 1. The van der Waals surface area contributed by atoms with E-state index in [1.165, 1.54) is 0 Å². The summed E-state index contributed by atoms with van der Waals surface area (Å²) in [5.74, 6) is 0.237. The Kier molecular flexibility index (Phi) is 3.65. The van der Waals surface area contributed by atoms with Crippen LogP contribution < -0.4 is 0 Å². The van der Waals surface area contributed by atoms with E-state index < -0.39 is 5.60 Å². The zero-order valence-corrected chi connectivity index (χ0v) is 10.5.